The zero-order chi connectivity index (χ0) is 14.1. The molecule has 0 radical (unpaired) electrons. The number of nitrogens with zero attached hydrogens (tertiary/aromatic N) is 1. The van der Waals surface area contributed by atoms with Crippen molar-refractivity contribution < 1.29 is 20.1 Å². The third-order valence-corrected chi connectivity index (χ3v) is 2.70. The molecule has 1 rings (SSSR count). The third-order valence-electron chi connectivity index (χ3n) is 2.70. The summed E-state index contributed by atoms with van der Waals surface area (Å²) in [5, 5.41) is 21.5. The number of hydrogen-bond acceptors (Lipinski definition) is 4. The maximum Gasteiger partial charge on any atom is 0.311 e. The maximum absolute atomic E-state index is 10.9. The van der Waals surface area contributed by atoms with Gasteiger partial charge in [0.15, 0.2) is 5.75 Å². The summed E-state index contributed by atoms with van der Waals surface area (Å²) in [6.07, 6.45) is 1.80. The average molecular weight is 269 g/mol. The number of unbranched alkanes of at least 4 members (excludes halogenated alkanes) is 1. The van der Waals surface area contributed by atoms with Gasteiger partial charge in [0.1, 0.15) is 0 Å². The molecule has 0 amide bonds. The first kappa shape index (κ1) is 15.4. The monoisotopic (exact) mass is 269 g/mol. The number of aryl methyl sites for hydroxylation is 1. The van der Waals surface area contributed by atoms with Crippen LogP contribution in [0.4, 0.5) is 5.69 Å². The second-order valence-corrected chi connectivity index (χ2v) is 4.37. The van der Waals surface area contributed by atoms with Gasteiger partial charge in [0.05, 0.1) is 31.2 Å². The van der Waals surface area contributed by atoms with Crippen molar-refractivity contribution in [2.75, 3.05) is 26.3 Å². The van der Waals surface area contributed by atoms with Crippen molar-refractivity contribution in [2.24, 2.45) is 0 Å². The quantitative estimate of drug-likeness (QED) is 0.390. The van der Waals surface area contributed by atoms with E-state index in [0.717, 1.165) is 24.9 Å². The van der Waals surface area contributed by atoms with Gasteiger partial charge < -0.3 is 15.2 Å². The second-order valence-electron chi connectivity index (χ2n) is 4.37. The first-order valence-electron chi connectivity index (χ1n) is 6.45. The van der Waals surface area contributed by atoms with Gasteiger partial charge in [0.2, 0.25) is 0 Å². The Hall–Kier alpha value is -1.66. The van der Waals surface area contributed by atoms with Crippen LogP contribution in [-0.4, -0.2) is 36.3 Å². The number of benzene rings is 1. The van der Waals surface area contributed by atoms with Crippen LogP contribution < -0.4 is 10.1 Å². The van der Waals surface area contributed by atoms with Gasteiger partial charge in [-0.05, 0) is 31.4 Å². The SMILES string of the molecule is Cc1ccc(OCCCC[NH2+]CCO)c([N+](=O)[O-])c1. The molecule has 0 unspecified atom stereocenters. The highest BCUT2D eigenvalue weighted by atomic mass is 16.6. The van der Waals surface area contributed by atoms with Crippen molar-refractivity contribution in [1.29, 1.82) is 0 Å². The van der Waals surface area contributed by atoms with Gasteiger partial charge in [-0.2, -0.15) is 0 Å². The fraction of sp³-hybridized carbons (Fsp3) is 0.538. The molecular weight excluding hydrogens is 248 g/mol. The van der Waals surface area contributed by atoms with E-state index in [2.05, 4.69) is 0 Å². The van der Waals surface area contributed by atoms with E-state index in [0.29, 0.717) is 18.9 Å². The molecule has 0 atom stereocenters. The lowest BCUT2D eigenvalue weighted by Gasteiger charge is -2.07. The lowest BCUT2D eigenvalue weighted by molar-refractivity contribution is -0.656. The molecule has 106 valence electrons. The average Bonchev–Trinajstić information content (AvgIpc) is 2.39. The number of hydrogen-bond donors (Lipinski definition) is 2. The minimum absolute atomic E-state index is 0.0202. The fourth-order valence-corrected chi connectivity index (χ4v) is 1.70. The van der Waals surface area contributed by atoms with Crippen LogP contribution in [0, 0.1) is 17.0 Å². The highest BCUT2D eigenvalue weighted by Gasteiger charge is 2.14. The first-order chi connectivity index (χ1) is 9.15. The van der Waals surface area contributed by atoms with Gasteiger partial charge in [0.25, 0.3) is 0 Å². The van der Waals surface area contributed by atoms with Crippen molar-refractivity contribution in [2.45, 2.75) is 19.8 Å². The number of rotatable bonds is 9. The molecule has 1 aromatic rings. The molecule has 0 aromatic heterocycles. The predicted octanol–water partition coefficient (Wildman–Crippen LogP) is 0.618. The van der Waals surface area contributed by atoms with E-state index in [-0.39, 0.29) is 12.3 Å². The summed E-state index contributed by atoms with van der Waals surface area (Å²) in [4.78, 5) is 10.5. The van der Waals surface area contributed by atoms with Gasteiger partial charge >= 0.3 is 5.69 Å². The van der Waals surface area contributed by atoms with E-state index in [9.17, 15) is 10.1 Å². The van der Waals surface area contributed by atoms with Gasteiger partial charge in [-0.25, -0.2) is 0 Å². The van der Waals surface area contributed by atoms with E-state index in [4.69, 9.17) is 9.84 Å². The molecular formula is C13H21N2O4+. The van der Waals surface area contributed by atoms with E-state index in [1.54, 1.807) is 12.1 Å². The van der Waals surface area contributed by atoms with Crippen molar-refractivity contribution in [3.63, 3.8) is 0 Å². The Morgan fingerprint density at radius 3 is 2.84 bits per heavy atom. The Kier molecular flexibility index (Phi) is 6.84. The predicted molar refractivity (Wildman–Crippen MR) is 71.3 cm³/mol. The van der Waals surface area contributed by atoms with Crippen molar-refractivity contribution in [1.82, 2.24) is 0 Å². The van der Waals surface area contributed by atoms with Crippen LogP contribution in [0.5, 0.6) is 5.75 Å². The summed E-state index contributed by atoms with van der Waals surface area (Å²) < 4.78 is 5.46. The second kappa shape index (κ2) is 8.44. The van der Waals surface area contributed by atoms with E-state index in [1.165, 1.54) is 6.07 Å². The Morgan fingerprint density at radius 2 is 2.16 bits per heavy atom. The van der Waals surface area contributed by atoms with E-state index < -0.39 is 4.92 Å². The van der Waals surface area contributed by atoms with E-state index >= 15 is 0 Å². The summed E-state index contributed by atoms with van der Waals surface area (Å²) in [5.74, 6) is 0.329. The lowest BCUT2D eigenvalue weighted by Crippen LogP contribution is -2.85. The molecule has 3 N–H and O–H groups in total. The highest BCUT2D eigenvalue weighted by molar-refractivity contribution is 5.48. The number of aliphatic hydroxyl groups excluding tert-OH is 1. The minimum Gasteiger partial charge on any atom is -0.487 e. The van der Waals surface area contributed by atoms with Crippen LogP contribution in [0.1, 0.15) is 18.4 Å². The molecule has 1 aromatic carbocycles. The minimum atomic E-state index is -0.419. The molecule has 0 saturated carbocycles. The van der Waals surface area contributed by atoms with Crippen molar-refractivity contribution in [3.05, 3.63) is 33.9 Å². The normalized spacial score (nSPS) is 10.4. The van der Waals surface area contributed by atoms with Gasteiger partial charge in [-0.15, -0.1) is 0 Å². The lowest BCUT2D eigenvalue weighted by atomic mass is 10.2. The summed E-state index contributed by atoms with van der Waals surface area (Å²) in [6, 6.07) is 4.97. The highest BCUT2D eigenvalue weighted by Crippen LogP contribution is 2.27. The molecule has 0 aliphatic carbocycles. The van der Waals surface area contributed by atoms with Crippen LogP contribution >= 0.6 is 0 Å². The number of nitrogens with two attached hydrogens (primary N) is 1. The number of quaternary nitrogens is 1. The number of ether oxygens (including phenoxy) is 1. The Morgan fingerprint density at radius 1 is 1.37 bits per heavy atom. The van der Waals surface area contributed by atoms with Crippen molar-refractivity contribution >= 4 is 5.69 Å². The smallest absolute Gasteiger partial charge is 0.311 e. The summed E-state index contributed by atoms with van der Waals surface area (Å²) in [5.41, 5.74) is 0.865. The molecule has 0 aliphatic rings. The zero-order valence-corrected chi connectivity index (χ0v) is 11.2. The molecule has 19 heavy (non-hydrogen) atoms. The Bertz CT molecular complexity index is 410. The van der Waals surface area contributed by atoms with Crippen LogP contribution in [0.2, 0.25) is 0 Å². The largest absolute Gasteiger partial charge is 0.487 e. The number of nitro benzene ring substituents is 1. The molecule has 6 heteroatoms. The molecule has 0 fully saturated rings. The Balaban J connectivity index is 2.35. The van der Waals surface area contributed by atoms with Crippen LogP contribution in [0.3, 0.4) is 0 Å². The number of nitro groups is 1. The maximum atomic E-state index is 10.9. The van der Waals surface area contributed by atoms with Gasteiger partial charge in [-0.3, -0.25) is 10.1 Å². The molecule has 0 heterocycles. The van der Waals surface area contributed by atoms with Crippen LogP contribution in [0.25, 0.3) is 0 Å². The van der Waals surface area contributed by atoms with Gasteiger partial charge in [-0.1, -0.05) is 6.07 Å². The van der Waals surface area contributed by atoms with Crippen molar-refractivity contribution in [3.8, 4) is 5.75 Å². The number of aliphatic hydroxyl groups is 1. The van der Waals surface area contributed by atoms with Gasteiger partial charge in [0, 0.05) is 6.07 Å². The fourth-order valence-electron chi connectivity index (χ4n) is 1.70. The third kappa shape index (κ3) is 5.67. The van der Waals surface area contributed by atoms with Crippen LogP contribution in [0.15, 0.2) is 18.2 Å². The zero-order valence-electron chi connectivity index (χ0n) is 11.2. The summed E-state index contributed by atoms with van der Waals surface area (Å²) in [7, 11) is 0. The molecule has 6 nitrogen and oxygen atoms in total. The summed E-state index contributed by atoms with van der Waals surface area (Å²) in [6.45, 7) is 4.11. The molecule has 0 saturated heterocycles. The molecule has 0 spiro atoms. The molecule has 0 aliphatic heterocycles. The summed E-state index contributed by atoms with van der Waals surface area (Å²) >= 11 is 0. The Labute approximate surface area is 112 Å². The van der Waals surface area contributed by atoms with Crippen LogP contribution in [-0.2, 0) is 0 Å². The molecule has 0 bridgehead atoms. The van der Waals surface area contributed by atoms with E-state index in [1.807, 2.05) is 12.2 Å². The standard InChI is InChI=1S/C13H20N2O4/c1-11-4-5-13(12(10-11)15(17)18)19-9-3-2-6-14-7-8-16/h4-5,10,14,16H,2-3,6-9H2,1H3/p+1. The first-order valence-corrected chi connectivity index (χ1v) is 6.45. The topological polar surface area (TPSA) is 89.2 Å².